The third-order valence-electron chi connectivity index (χ3n) is 4.20. The van der Waals surface area contributed by atoms with E-state index in [9.17, 15) is 14.4 Å². The van der Waals surface area contributed by atoms with Gasteiger partial charge in [0.2, 0.25) is 0 Å². The molecule has 6 heteroatoms. The first-order valence-corrected chi connectivity index (χ1v) is 8.87. The third-order valence-corrected chi connectivity index (χ3v) is 4.53. The van der Waals surface area contributed by atoms with Gasteiger partial charge in [-0.2, -0.15) is 0 Å². The van der Waals surface area contributed by atoms with Crippen LogP contribution < -0.4 is 4.90 Å². The van der Waals surface area contributed by atoms with Gasteiger partial charge < -0.3 is 4.74 Å². The summed E-state index contributed by atoms with van der Waals surface area (Å²) >= 11 is 6.11. The molecule has 0 aliphatic carbocycles. The molecule has 5 nitrogen and oxygen atoms in total. The number of nitrogens with zero attached hydrogens (tertiary/aromatic N) is 1. The number of hydrogen-bond donors (Lipinski definition) is 0. The summed E-state index contributed by atoms with van der Waals surface area (Å²) in [5.41, 5.74) is 1.12. The molecule has 2 aromatic carbocycles. The van der Waals surface area contributed by atoms with Crippen LogP contribution in [0.2, 0.25) is 5.02 Å². The number of unbranched alkanes of at least 4 members (excludes halogenated alkanes) is 2. The summed E-state index contributed by atoms with van der Waals surface area (Å²) in [5, 5.41) is 0.214. The van der Waals surface area contributed by atoms with Crippen molar-refractivity contribution in [1.82, 2.24) is 0 Å². The first-order chi connectivity index (χ1) is 12.5. The molecular formula is C20H18ClNO4. The molecule has 0 radical (unpaired) electrons. The zero-order chi connectivity index (χ0) is 18.7. The molecule has 0 N–H and O–H groups in total. The van der Waals surface area contributed by atoms with Gasteiger partial charge in [0.05, 0.1) is 34.0 Å². The van der Waals surface area contributed by atoms with Crippen molar-refractivity contribution < 1.29 is 19.1 Å². The van der Waals surface area contributed by atoms with Crippen LogP contribution in [0.1, 0.15) is 57.3 Å². The molecule has 0 saturated heterocycles. The van der Waals surface area contributed by atoms with E-state index >= 15 is 0 Å². The molecular weight excluding hydrogens is 354 g/mol. The fourth-order valence-corrected chi connectivity index (χ4v) is 3.02. The number of amides is 2. The highest BCUT2D eigenvalue weighted by atomic mass is 35.5. The molecule has 0 atom stereocenters. The summed E-state index contributed by atoms with van der Waals surface area (Å²) in [7, 11) is 0. The van der Waals surface area contributed by atoms with Gasteiger partial charge in [-0.05, 0) is 36.8 Å². The van der Waals surface area contributed by atoms with Gasteiger partial charge in [-0.15, -0.1) is 0 Å². The van der Waals surface area contributed by atoms with Crippen molar-refractivity contribution in [2.24, 2.45) is 0 Å². The summed E-state index contributed by atoms with van der Waals surface area (Å²) < 4.78 is 5.23. The second-order valence-electron chi connectivity index (χ2n) is 6.00. The second-order valence-corrected chi connectivity index (χ2v) is 6.41. The Kier molecular flexibility index (Phi) is 5.38. The van der Waals surface area contributed by atoms with Crippen molar-refractivity contribution >= 4 is 35.1 Å². The fourth-order valence-electron chi connectivity index (χ4n) is 2.83. The van der Waals surface area contributed by atoms with Crippen molar-refractivity contribution in [3.63, 3.8) is 0 Å². The first-order valence-electron chi connectivity index (χ1n) is 8.49. The van der Waals surface area contributed by atoms with Crippen molar-refractivity contribution in [2.75, 3.05) is 11.5 Å². The average Bonchev–Trinajstić information content (AvgIpc) is 2.90. The number of fused-ring (bicyclic) bond motifs is 1. The van der Waals surface area contributed by atoms with Crippen LogP contribution >= 0.6 is 11.6 Å². The Morgan fingerprint density at radius 1 is 1.04 bits per heavy atom. The molecule has 0 fully saturated rings. The van der Waals surface area contributed by atoms with E-state index in [-0.39, 0.29) is 10.6 Å². The third kappa shape index (κ3) is 3.35. The van der Waals surface area contributed by atoms with Crippen molar-refractivity contribution in [2.45, 2.75) is 26.2 Å². The molecule has 2 aromatic rings. The number of esters is 1. The average molecular weight is 372 g/mol. The molecule has 2 amide bonds. The van der Waals surface area contributed by atoms with Gasteiger partial charge in [-0.1, -0.05) is 43.5 Å². The number of anilines is 1. The minimum Gasteiger partial charge on any atom is -0.462 e. The normalized spacial score (nSPS) is 13.1. The Hall–Kier alpha value is -2.66. The first kappa shape index (κ1) is 18.1. The molecule has 26 heavy (non-hydrogen) atoms. The van der Waals surface area contributed by atoms with Gasteiger partial charge in [0, 0.05) is 0 Å². The Balaban J connectivity index is 1.85. The van der Waals surface area contributed by atoms with E-state index in [0.717, 1.165) is 24.2 Å². The van der Waals surface area contributed by atoms with Gasteiger partial charge >= 0.3 is 5.97 Å². The topological polar surface area (TPSA) is 63.7 Å². The lowest BCUT2D eigenvalue weighted by molar-refractivity contribution is 0.0498. The zero-order valence-corrected chi connectivity index (χ0v) is 15.1. The van der Waals surface area contributed by atoms with Crippen LogP contribution in [0.25, 0.3) is 0 Å². The summed E-state index contributed by atoms with van der Waals surface area (Å²) in [5.74, 6) is -1.41. The predicted octanol–water partition coefficient (Wildman–Crippen LogP) is 4.49. The number of rotatable bonds is 6. The van der Waals surface area contributed by atoms with Crippen LogP contribution in [-0.2, 0) is 4.74 Å². The highest BCUT2D eigenvalue weighted by Gasteiger charge is 2.36. The highest BCUT2D eigenvalue weighted by Crippen LogP contribution is 2.31. The monoisotopic (exact) mass is 371 g/mol. The van der Waals surface area contributed by atoms with E-state index in [1.807, 2.05) is 0 Å². The van der Waals surface area contributed by atoms with Gasteiger partial charge in [0.15, 0.2) is 0 Å². The fraction of sp³-hybridized carbons (Fsp3) is 0.250. The second kappa shape index (κ2) is 7.70. The molecule has 134 valence electrons. The molecule has 3 rings (SSSR count). The van der Waals surface area contributed by atoms with Gasteiger partial charge in [0.1, 0.15) is 0 Å². The van der Waals surface area contributed by atoms with E-state index in [0.29, 0.717) is 23.4 Å². The lowest BCUT2D eigenvalue weighted by Crippen LogP contribution is -2.29. The smallest absolute Gasteiger partial charge is 0.339 e. The van der Waals surface area contributed by atoms with E-state index in [1.165, 1.54) is 18.2 Å². The lowest BCUT2D eigenvalue weighted by atomic mass is 10.1. The van der Waals surface area contributed by atoms with E-state index in [4.69, 9.17) is 16.3 Å². The minimum absolute atomic E-state index is 0.136. The molecule has 1 heterocycles. The summed E-state index contributed by atoms with van der Waals surface area (Å²) in [4.78, 5) is 38.5. The number of halogens is 1. The maximum atomic E-state index is 12.6. The SMILES string of the molecule is CCCCCOC(=O)c1cc(N2C(=O)c3ccccc3C2=O)ccc1Cl. The van der Waals surface area contributed by atoms with Crippen LogP contribution in [0.15, 0.2) is 42.5 Å². The number of ether oxygens (including phenoxy) is 1. The summed E-state index contributed by atoms with van der Waals surface area (Å²) in [6.07, 6.45) is 2.77. The van der Waals surface area contributed by atoms with Crippen LogP contribution in [0.3, 0.4) is 0 Å². The largest absolute Gasteiger partial charge is 0.462 e. The summed E-state index contributed by atoms with van der Waals surface area (Å²) in [6, 6.07) is 11.1. The standard InChI is InChI=1S/C20H18ClNO4/c1-2-3-6-11-26-20(25)16-12-13(9-10-17(16)21)22-18(23)14-7-4-5-8-15(14)19(22)24/h4-5,7-10,12H,2-3,6,11H2,1H3. The molecule has 0 unspecified atom stereocenters. The molecule has 0 aromatic heterocycles. The Morgan fingerprint density at radius 2 is 1.69 bits per heavy atom. The van der Waals surface area contributed by atoms with Crippen molar-refractivity contribution in [3.05, 3.63) is 64.2 Å². The number of hydrogen-bond acceptors (Lipinski definition) is 4. The van der Waals surface area contributed by atoms with Gasteiger partial charge in [-0.3, -0.25) is 9.59 Å². The van der Waals surface area contributed by atoms with Crippen molar-refractivity contribution in [3.8, 4) is 0 Å². The molecule has 0 saturated carbocycles. The van der Waals surface area contributed by atoms with Crippen LogP contribution in [0.4, 0.5) is 5.69 Å². The number of carbonyl (C=O) groups is 3. The lowest BCUT2D eigenvalue weighted by Gasteiger charge is -2.15. The van der Waals surface area contributed by atoms with Crippen molar-refractivity contribution in [1.29, 1.82) is 0 Å². The number of imide groups is 1. The number of benzene rings is 2. The van der Waals surface area contributed by atoms with Crippen LogP contribution in [-0.4, -0.2) is 24.4 Å². The summed E-state index contributed by atoms with van der Waals surface area (Å²) in [6.45, 7) is 2.37. The Morgan fingerprint density at radius 3 is 2.31 bits per heavy atom. The predicted molar refractivity (Wildman–Crippen MR) is 98.8 cm³/mol. The zero-order valence-electron chi connectivity index (χ0n) is 14.3. The molecule has 1 aliphatic heterocycles. The maximum absolute atomic E-state index is 12.6. The quantitative estimate of drug-likeness (QED) is 0.426. The molecule has 0 bridgehead atoms. The van der Waals surface area contributed by atoms with Crippen LogP contribution in [0.5, 0.6) is 0 Å². The van der Waals surface area contributed by atoms with Crippen LogP contribution in [0, 0.1) is 0 Å². The minimum atomic E-state index is -0.565. The Labute approximate surface area is 156 Å². The highest BCUT2D eigenvalue weighted by molar-refractivity contribution is 6.36. The van der Waals surface area contributed by atoms with E-state index < -0.39 is 17.8 Å². The maximum Gasteiger partial charge on any atom is 0.339 e. The number of carbonyl (C=O) groups excluding carboxylic acids is 3. The molecule has 0 spiro atoms. The molecule has 1 aliphatic rings. The van der Waals surface area contributed by atoms with E-state index in [1.54, 1.807) is 24.3 Å². The Bertz CT molecular complexity index is 843. The van der Waals surface area contributed by atoms with Gasteiger partial charge in [-0.25, -0.2) is 9.69 Å². The van der Waals surface area contributed by atoms with Gasteiger partial charge in [0.25, 0.3) is 11.8 Å². The van der Waals surface area contributed by atoms with E-state index in [2.05, 4.69) is 6.92 Å².